The van der Waals surface area contributed by atoms with E-state index >= 15 is 0 Å². The minimum Gasteiger partial charge on any atom is -0.349 e. The van der Waals surface area contributed by atoms with Crippen LogP contribution in [-0.4, -0.2) is 47.1 Å². The molecule has 3 rings (SSSR count). The van der Waals surface area contributed by atoms with Gasteiger partial charge in [-0.2, -0.15) is 0 Å². The van der Waals surface area contributed by atoms with Crippen molar-refractivity contribution >= 4 is 23.0 Å². The number of likely N-dealkylation sites (tertiary alicyclic amines) is 1. The first-order valence-corrected chi connectivity index (χ1v) is 9.81. The van der Waals surface area contributed by atoms with E-state index in [0.29, 0.717) is 0 Å². The summed E-state index contributed by atoms with van der Waals surface area (Å²) >= 11 is 5.67. The maximum atomic E-state index is 5.67. The van der Waals surface area contributed by atoms with E-state index in [1.165, 1.54) is 49.7 Å². The highest BCUT2D eigenvalue weighted by Crippen LogP contribution is 2.27. The zero-order valence-corrected chi connectivity index (χ0v) is 16.2. The van der Waals surface area contributed by atoms with Crippen LogP contribution in [0.1, 0.15) is 49.7 Å². The van der Waals surface area contributed by atoms with Crippen molar-refractivity contribution in [1.29, 1.82) is 0 Å². The summed E-state index contributed by atoms with van der Waals surface area (Å²) in [7, 11) is 2.34. The third-order valence-corrected chi connectivity index (χ3v) is 6.43. The zero-order chi connectivity index (χ0) is 17.1. The maximum absolute atomic E-state index is 5.67. The molecular weight excluding hydrogens is 314 g/mol. The van der Waals surface area contributed by atoms with Crippen LogP contribution >= 0.6 is 12.2 Å². The fraction of sp³-hybridized carbons (Fsp3) is 0.650. The lowest BCUT2D eigenvalue weighted by Crippen LogP contribution is -2.48. The highest BCUT2D eigenvalue weighted by Gasteiger charge is 2.29. The molecule has 0 atom stereocenters. The number of rotatable bonds is 3. The number of hydrogen-bond donors (Lipinski definition) is 1. The Morgan fingerprint density at radius 2 is 1.71 bits per heavy atom. The molecule has 3 nitrogen and oxygen atoms in total. The summed E-state index contributed by atoms with van der Waals surface area (Å²) in [4.78, 5) is 5.00. The van der Waals surface area contributed by atoms with Gasteiger partial charge >= 0.3 is 0 Å². The Balaban J connectivity index is 1.52. The SMILES string of the molecule is Cc1cccc(NC(=S)N2CCC(N(C)C3CCCC3)CC2)c1C. The number of hydrogen-bond acceptors (Lipinski definition) is 2. The summed E-state index contributed by atoms with van der Waals surface area (Å²) in [5.41, 5.74) is 3.74. The summed E-state index contributed by atoms with van der Waals surface area (Å²) in [5.74, 6) is 0. The van der Waals surface area contributed by atoms with Crippen molar-refractivity contribution in [3.63, 3.8) is 0 Å². The van der Waals surface area contributed by atoms with Gasteiger partial charge in [-0.1, -0.05) is 25.0 Å². The van der Waals surface area contributed by atoms with Crippen LogP contribution in [0.15, 0.2) is 18.2 Å². The van der Waals surface area contributed by atoms with Gasteiger partial charge in [-0.05, 0) is 76.0 Å². The van der Waals surface area contributed by atoms with Crippen LogP contribution in [0.3, 0.4) is 0 Å². The molecule has 24 heavy (non-hydrogen) atoms. The quantitative estimate of drug-likeness (QED) is 0.821. The molecule has 1 N–H and O–H groups in total. The molecule has 0 spiro atoms. The van der Waals surface area contributed by atoms with Gasteiger partial charge in [-0.3, -0.25) is 0 Å². The van der Waals surface area contributed by atoms with Gasteiger partial charge in [0.25, 0.3) is 0 Å². The molecule has 0 unspecified atom stereocenters. The molecule has 132 valence electrons. The third kappa shape index (κ3) is 3.92. The summed E-state index contributed by atoms with van der Waals surface area (Å²) in [6.07, 6.45) is 8.06. The van der Waals surface area contributed by atoms with Crippen molar-refractivity contribution < 1.29 is 0 Å². The van der Waals surface area contributed by atoms with Crippen LogP contribution in [0, 0.1) is 13.8 Å². The molecule has 0 bridgehead atoms. The number of thiocarbonyl (C=S) groups is 1. The normalized spacial score (nSPS) is 19.9. The van der Waals surface area contributed by atoms with E-state index in [2.05, 4.69) is 54.2 Å². The van der Waals surface area contributed by atoms with E-state index in [1.807, 2.05) is 0 Å². The molecule has 1 aliphatic carbocycles. The molecule has 0 radical (unpaired) electrons. The molecule has 1 saturated carbocycles. The number of nitrogens with zero attached hydrogens (tertiary/aromatic N) is 2. The first-order chi connectivity index (χ1) is 11.6. The standard InChI is InChI=1S/C20H31N3S/c1-15-7-6-10-19(16(15)2)21-20(24)23-13-11-18(12-14-23)22(3)17-8-4-5-9-17/h6-7,10,17-18H,4-5,8-9,11-14H2,1-3H3,(H,21,24). The van der Waals surface area contributed by atoms with Gasteiger partial charge in [-0.15, -0.1) is 0 Å². The Morgan fingerprint density at radius 1 is 1.08 bits per heavy atom. The maximum Gasteiger partial charge on any atom is 0.173 e. The smallest absolute Gasteiger partial charge is 0.173 e. The second-order valence-electron chi connectivity index (χ2n) is 7.50. The molecule has 1 aliphatic heterocycles. The van der Waals surface area contributed by atoms with Crippen LogP contribution in [0.25, 0.3) is 0 Å². The highest BCUT2D eigenvalue weighted by atomic mass is 32.1. The van der Waals surface area contributed by atoms with Crippen LogP contribution in [0.5, 0.6) is 0 Å². The Bertz CT molecular complexity index is 572. The number of benzene rings is 1. The van der Waals surface area contributed by atoms with Gasteiger partial charge < -0.3 is 15.1 Å². The molecule has 1 heterocycles. The average molecular weight is 346 g/mol. The Morgan fingerprint density at radius 3 is 2.38 bits per heavy atom. The summed E-state index contributed by atoms with van der Waals surface area (Å²) in [5, 5.41) is 4.34. The first kappa shape index (κ1) is 17.7. The number of piperidine rings is 1. The van der Waals surface area contributed by atoms with Gasteiger partial charge in [0, 0.05) is 30.9 Å². The number of anilines is 1. The topological polar surface area (TPSA) is 18.5 Å². The molecule has 2 fully saturated rings. The fourth-order valence-corrected chi connectivity index (χ4v) is 4.46. The molecule has 2 aliphatic rings. The van der Waals surface area contributed by atoms with Crippen molar-refractivity contribution in [1.82, 2.24) is 9.80 Å². The summed E-state index contributed by atoms with van der Waals surface area (Å²) < 4.78 is 0. The second-order valence-corrected chi connectivity index (χ2v) is 7.89. The van der Waals surface area contributed by atoms with E-state index in [0.717, 1.165) is 36.0 Å². The van der Waals surface area contributed by atoms with E-state index in [4.69, 9.17) is 12.2 Å². The Hall–Kier alpha value is -1.13. The molecule has 1 aromatic carbocycles. The predicted octanol–water partition coefficient (Wildman–Crippen LogP) is 4.34. The average Bonchev–Trinajstić information content (AvgIpc) is 3.13. The van der Waals surface area contributed by atoms with Gasteiger partial charge in [0.15, 0.2) is 5.11 Å². The highest BCUT2D eigenvalue weighted by molar-refractivity contribution is 7.80. The van der Waals surface area contributed by atoms with Crippen molar-refractivity contribution in [2.45, 2.75) is 64.5 Å². The van der Waals surface area contributed by atoms with Crippen LogP contribution < -0.4 is 5.32 Å². The van der Waals surface area contributed by atoms with Crippen molar-refractivity contribution in [3.8, 4) is 0 Å². The van der Waals surface area contributed by atoms with E-state index in [1.54, 1.807) is 0 Å². The van der Waals surface area contributed by atoms with Gasteiger partial charge in [-0.25, -0.2) is 0 Å². The largest absolute Gasteiger partial charge is 0.349 e. The minimum absolute atomic E-state index is 0.729. The lowest BCUT2D eigenvalue weighted by molar-refractivity contribution is 0.122. The molecular formula is C20H31N3S. The van der Waals surface area contributed by atoms with Crippen molar-refractivity contribution in [2.75, 3.05) is 25.5 Å². The molecule has 0 amide bonds. The molecule has 1 saturated heterocycles. The number of aryl methyl sites for hydroxylation is 1. The molecule has 4 heteroatoms. The van der Waals surface area contributed by atoms with Crippen LogP contribution in [0.4, 0.5) is 5.69 Å². The zero-order valence-electron chi connectivity index (χ0n) is 15.3. The van der Waals surface area contributed by atoms with Gasteiger partial charge in [0.05, 0.1) is 0 Å². The predicted molar refractivity (Wildman–Crippen MR) is 107 cm³/mol. The van der Waals surface area contributed by atoms with Gasteiger partial charge in [0.2, 0.25) is 0 Å². The van der Waals surface area contributed by atoms with Crippen molar-refractivity contribution in [3.05, 3.63) is 29.3 Å². The monoisotopic (exact) mass is 345 g/mol. The number of nitrogens with one attached hydrogen (secondary N) is 1. The first-order valence-electron chi connectivity index (χ1n) is 9.40. The second kappa shape index (κ2) is 7.83. The van der Waals surface area contributed by atoms with Crippen LogP contribution in [-0.2, 0) is 0 Å². The molecule has 1 aromatic rings. The lowest BCUT2D eigenvalue weighted by atomic mass is 10.0. The Labute approximate surface area is 152 Å². The third-order valence-electron chi connectivity index (χ3n) is 6.07. The van der Waals surface area contributed by atoms with Crippen molar-refractivity contribution in [2.24, 2.45) is 0 Å². The summed E-state index contributed by atoms with van der Waals surface area (Å²) in [6.45, 7) is 6.44. The Kier molecular flexibility index (Phi) is 5.77. The summed E-state index contributed by atoms with van der Waals surface area (Å²) in [6, 6.07) is 7.91. The lowest BCUT2D eigenvalue weighted by Gasteiger charge is -2.40. The minimum atomic E-state index is 0.729. The van der Waals surface area contributed by atoms with Gasteiger partial charge in [0.1, 0.15) is 0 Å². The fourth-order valence-electron chi connectivity index (χ4n) is 4.17. The van der Waals surface area contributed by atoms with E-state index < -0.39 is 0 Å². The van der Waals surface area contributed by atoms with Crippen LogP contribution in [0.2, 0.25) is 0 Å². The van der Waals surface area contributed by atoms with E-state index in [9.17, 15) is 0 Å². The van der Waals surface area contributed by atoms with E-state index in [-0.39, 0.29) is 0 Å². The molecule has 0 aromatic heterocycles.